The number of carbonyl (C=O) groups excluding carboxylic acids is 1. The predicted octanol–water partition coefficient (Wildman–Crippen LogP) is 6.13. The SMILES string of the molecule is CCc1cccc(CC(=O)Cc2cc(S(=O)(=O)Nc3ccccc3)ccc2-c2ccsc2)c1. The monoisotopic (exact) mass is 475 g/mol. The maximum atomic E-state index is 13.0. The Bertz CT molecular complexity index is 1350. The first-order chi connectivity index (χ1) is 15.9. The molecule has 0 unspecified atom stereocenters. The van der Waals surface area contributed by atoms with Gasteiger partial charge in [-0.05, 0) is 75.3 Å². The normalized spacial score (nSPS) is 11.3. The van der Waals surface area contributed by atoms with Gasteiger partial charge in [-0.15, -0.1) is 0 Å². The average Bonchev–Trinajstić information content (AvgIpc) is 3.34. The van der Waals surface area contributed by atoms with Crippen molar-refractivity contribution < 1.29 is 13.2 Å². The molecule has 1 aromatic heterocycles. The van der Waals surface area contributed by atoms with Crippen molar-refractivity contribution in [2.45, 2.75) is 31.1 Å². The van der Waals surface area contributed by atoms with E-state index < -0.39 is 10.0 Å². The number of rotatable bonds is 9. The summed E-state index contributed by atoms with van der Waals surface area (Å²) in [4.78, 5) is 13.1. The lowest BCUT2D eigenvalue weighted by atomic mass is 9.95. The van der Waals surface area contributed by atoms with Gasteiger partial charge in [-0.2, -0.15) is 11.3 Å². The van der Waals surface area contributed by atoms with E-state index in [1.165, 1.54) is 5.56 Å². The molecule has 0 bridgehead atoms. The molecule has 4 nitrogen and oxygen atoms in total. The summed E-state index contributed by atoms with van der Waals surface area (Å²) in [7, 11) is -3.78. The van der Waals surface area contributed by atoms with E-state index in [1.807, 2.05) is 35.0 Å². The smallest absolute Gasteiger partial charge is 0.261 e. The zero-order valence-corrected chi connectivity index (χ0v) is 20.0. The highest BCUT2D eigenvalue weighted by Crippen LogP contribution is 2.29. The van der Waals surface area contributed by atoms with Crippen molar-refractivity contribution in [1.29, 1.82) is 0 Å². The van der Waals surface area contributed by atoms with E-state index >= 15 is 0 Å². The molecule has 168 valence electrons. The topological polar surface area (TPSA) is 63.2 Å². The van der Waals surface area contributed by atoms with E-state index in [-0.39, 0.29) is 17.1 Å². The Morgan fingerprint density at radius 2 is 1.67 bits per heavy atom. The molecule has 0 fully saturated rings. The minimum absolute atomic E-state index is 0.0466. The molecule has 0 saturated carbocycles. The maximum Gasteiger partial charge on any atom is 0.261 e. The molecule has 0 aliphatic heterocycles. The van der Waals surface area contributed by atoms with Gasteiger partial charge in [0.15, 0.2) is 0 Å². The number of ketones is 1. The third kappa shape index (κ3) is 5.78. The van der Waals surface area contributed by atoms with Crippen LogP contribution in [0.1, 0.15) is 23.6 Å². The van der Waals surface area contributed by atoms with Gasteiger partial charge in [0, 0.05) is 18.5 Å². The van der Waals surface area contributed by atoms with Crippen LogP contribution in [0, 0.1) is 0 Å². The number of Topliss-reactive ketones (excluding diaryl/α,β-unsaturated/α-hetero) is 1. The van der Waals surface area contributed by atoms with E-state index in [2.05, 4.69) is 23.8 Å². The fourth-order valence-electron chi connectivity index (χ4n) is 3.77. The van der Waals surface area contributed by atoms with Crippen molar-refractivity contribution in [1.82, 2.24) is 0 Å². The summed E-state index contributed by atoms with van der Waals surface area (Å²) in [5.41, 5.74) is 5.24. The zero-order chi connectivity index (χ0) is 23.3. The highest BCUT2D eigenvalue weighted by Gasteiger charge is 2.19. The molecule has 0 aliphatic carbocycles. The van der Waals surface area contributed by atoms with Crippen molar-refractivity contribution in [3.8, 4) is 11.1 Å². The number of para-hydroxylation sites is 1. The largest absolute Gasteiger partial charge is 0.299 e. The van der Waals surface area contributed by atoms with Gasteiger partial charge >= 0.3 is 0 Å². The van der Waals surface area contributed by atoms with Crippen LogP contribution in [-0.2, 0) is 34.1 Å². The van der Waals surface area contributed by atoms with Gasteiger partial charge < -0.3 is 0 Å². The second-order valence-electron chi connectivity index (χ2n) is 7.87. The van der Waals surface area contributed by atoms with Gasteiger partial charge in [-0.3, -0.25) is 9.52 Å². The number of benzene rings is 3. The molecular formula is C27H25NO3S2. The van der Waals surface area contributed by atoms with Crippen LogP contribution in [-0.4, -0.2) is 14.2 Å². The lowest BCUT2D eigenvalue weighted by Gasteiger charge is -2.13. The summed E-state index contributed by atoms with van der Waals surface area (Å²) >= 11 is 1.56. The highest BCUT2D eigenvalue weighted by atomic mass is 32.2. The van der Waals surface area contributed by atoms with E-state index in [0.717, 1.165) is 23.1 Å². The van der Waals surface area contributed by atoms with Crippen LogP contribution in [0.15, 0.2) is 94.5 Å². The van der Waals surface area contributed by atoms with Crippen LogP contribution in [0.3, 0.4) is 0 Å². The summed E-state index contributed by atoms with van der Waals surface area (Å²) in [5, 5.41) is 3.98. The lowest BCUT2D eigenvalue weighted by Crippen LogP contribution is -2.14. The van der Waals surface area contributed by atoms with Crippen molar-refractivity contribution in [2.24, 2.45) is 0 Å². The second-order valence-corrected chi connectivity index (χ2v) is 10.3. The molecule has 0 radical (unpaired) electrons. The number of aryl methyl sites for hydroxylation is 1. The van der Waals surface area contributed by atoms with E-state index in [1.54, 1.807) is 53.8 Å². The fraction of sp³-hybridized carbons (Fsp3) is 0.148. The Kier molecular flexibility index (Phi) is 7.06. The molecule has 33 heavy (non-hydrogen) atoms. The third-order valence-corrected chi connectivity index (χ3v) is 7.50. The second kappa shape index (κ2) is 10.1. The number of nitrogens with one attached hydrogen (secondary N) is 1. The van der Waals surface area contributed by atoms with E-state index in [4.69, 9.17) is 0 Å². The van der Waals surface area contributed by atoms with Gasteiger partial charge in [-0.25, -0.2) is 8.42 Å². The number of hydrogen-bond acceptors (Lipinski definition) is 4. The summed E-state index contributed by atoms with van der Waals surface area (Å²) in [6, 6.07) is 23.8. The lowest BCUT2D eigenvalue weighted by molar-refractivity contribution is -0.117. The summed E-state index contributed by atoms with van der Waals surface area (Å²) in [6.45, 7) is 2.09. The van der Waals surface area contributed by atoms with Crippen molar-refractivity contribution >= 4 is 32.8 Å². The molecule has 0 spiro atoms. The molecule has 0 aliphatic rings. The third-order valence-electron chi connectivity index (χ3n) is 5.43. The number of carbonyl (C=O) groups is 1. The molecule has 4 aromatic rings. The van der Waals surface area contributed by atoms with E-state index in [0.29, 0.717) is 17.7 Å². The summed E-state index contributed by atoms with van der Waals surface area (Å²) in [5.74, 6) is 0.0466. The van der Waals surface area contributed by atoms with Crippen LogP contribution in [0.2, 0.25) is 0 Å². The minimum atomic E-state index is -3.78. The Balaban J connectivity index is 1.63. The standard InChI is InChI=1S/C27H25NO3S2/c1-2-20-7-6-8-21(15-20)16-25(29)17-23-18-26(11-12-27(23)22-13-14-32-19-22)33(30,31)28-24-9-4-3-5-10-24/h3-15,18-19,28H,2,16-17H2,1H3. The summed E-state index contributed by atoms with van der Waals surface area (Å²) < 4.78 is 28.6. The molecule has 0 atom stereocenters. The first-order valence-corrected chi connectivity index (χ1v) is 13.2. The molecule has 0 saturated heterocycles. The van der Waals surface area contributed by atoms with Crippen LogP contribution < -0.4 is 4.72 Å². The zero-order valence-electron chi connectivity index (χ0n) is 18.3. The maximum absolute atomic E-state index is 13.0. The molecular weight excluding hydrogens is 450 g/mol. The van der Waals surface area contributed by atoms with Crippen LogP contribution in [0.5, 0.6) is 0 Å². The number of hydrogen-bond donors (Lipinski definition) is 1. The van der Waals surface area contributed by atoms with Gasteiger partial charge in [0.05, 0.1) is 4.90 Å². The first kappa shape index (κ1) is 23.0. The van der Waals surface area contributed by atoms with Gasteiger partial charge in [0.1, 0.15) is 5.78 Å². The van der Waals surface area contributed by atoms with Gasteiger partial charge in [0.2, 0.25) is 0 Å². The Labute approximate surface area is 199 Å². The number of thiophene rings is 1. The molecule has 3 aromatic carbocycles. The molecule has 4 rings (SSSR count). The fourth-order valence-corrected chi connectivity index (χ4v) is 5.53. The Hall–Kier alpha value is -3.22. The highest BCUT2D eigenvalue weighted by molar-refractivity contribution is 7.92. The average molecular weight is 476 g/mol. The van der Waals surface area contributed by atoms with Crippen molar-refractivity contribution in [3.63, 3.8) is 0 Å². The molecule has 1 heterocycles. The van der Waals surface area contributed by atoms with E-state index in [9.17, 15) is 13.2 Å². The van der Waals surface area contributed by atoms with Gasteiger partial charge in [0.25, 0.3) is 10.0 Å². The Morgan fingerprint density at radius 1 is 0.879 bits per heavy atom. The number of sulfonamides is 1. The molecule has 6 heteroatoms. The predicted molar refractivity (Wildman–Crippen MR) is 135 cm³/mol. The molecule has 1 N–H and O–H groups in total. The van der Waals surface area contributed by atoms with Gasteiger partial charge in [-0.1, -0.05) is 55.5 Å². The first-order valence-electron chi connectivity index (χ1n) is 10.8. The molecule has 0 amide bonds. The minimum Gasteiger partial charge on any atom is -0.299 e. The summed E-state index contributed by atoms with van der Waals surface area (Å²) in [6.07, 6.45) is 1.39. The quantitative estimate of drug-likeness (QED) is 0.317. The van der Waals surface area contributed by atoms with Crippen LogP contribution >= 0.6 is 11.3 Å². The number of anilines is 1. The van der Waals surface area contributed by atoms with Crippen LogP contribution in [0.4, 0.5) is 5.69 Å². The Morgan fingerprint density at radius 3 is 2.39 bits per heavy atom. The van der Waals surface area contributed by atoms with Crippen molar-refractivity contribution in [3.05, 3.63) is 106 Å². The van der Waals surface area contributed by atoms with Crippen LogP contribution in [0.25, 0.3) is 11.1 Å². The van der Waals surface area contributed by atoms with Crippen molar-refractivity contribution in [2.75, 3.05) is 4.72 Å².